The third kappa shape index (κ3) is 2.05. The van der Waals surface area contributed by atoms with Gasteiger partial charge in [0.05, 0.1) is 18.3 Å². The topological polar surface area (TPSA) is 26.5 Å². The molecule has 0 unspecified atom stereocenters. The van der Waals surface area contributed by atoms with Crippen molar-refractivity contribution in [3.05, 3.63) is 54.6 Å². The lowest BCUT2D eigenvalue weighted by atomic mass is 10.2. The second-order valence-corrected chi connectivity index (χ2v) is 4.16. The van der Waals surface area contributed by atoms with Gasteiger partial charge < -0.3 is 4.74 Å². The Hall–Kier alpha value is -2.36. The Kier molecular flexibility index (Phi) is 2.91. The molecule has 1 aromatic carbocycles. The summed E-state index contributed by atoms with van der Waals surface area (Å²) in [5, 5.41) is 0. The van der Waals surface area contributed by atoms with E-state index in [0.717, 1.165) is 16.9 Å². The molecular weight excluding hydrogens is 243 g/mol. The van der Waals surface area contributed by atoms with Gasteiger partial charge in [0.15, 0.2) is 11.6 Å². The Labute approximate surface area is 110 Å². The maximum absolute atomic E-state index is 13.9. The SMILES string of the molecule is CCOc1ccc(-c2ncc3ccccn23)cc1F. The van der Waals surface area contributed by atoms with Gasteiger partial charge in [0, 0.05) is 11.8 Å². The number of imidazole rings is 1. The minimum atomic E-state index is -0.368. The minimum absolute atomic E-state index is 0.270. The summed E-state index contributed by atoms with van der Waals surface area (Å²) < 4.78 is 21.0. The Morgan fingerprint density at radius 2 is 2.16 bits per heavy atom. The lowest BCUT2D eigenvalue weighted by molar-refractivity contribution is 0.321. The van der Waals surface area contributed by atoms with Crippen LogP contribution in [0.15, 0.2) is 48.8 Å². The highest BCUT2D eigenvalue weighted by molar-refractivity contribution is 5.63. The van der Waals surface area contributed by atoms with Crippen LogP contribution in [0.5, 0.6) is 5.75 Å². The molecule has 0 aliphatic heterocycles. The molecule has 0 aliphatic rings. The summed E-state index contributed by atoms with van der Waals surface area (Å²) in [6, 6.07) is 10.7. The van der Waals surface area contributed by atoms with Crippen molar-refractivity contribution in [2.24, 2.45) is 0 Å². The molecule has 0 saturated heterocycles. The zero-order valence-electron chi connectivity index (χ0n) is 10.5. The quantitative estimate of drug-likeness (QED) is 0.716. The van der Waals surface area contributed by atoms with Gasteiger partial charge in [0.1, 0.15) is 5.82 Å². The van der Waals surface area contributed by atoms with Crippen molar-refractivity contribution < 1.29 is 9.13 Å². The van der Waals surface area contributed by atoms with Crippen LogP contribution >= 0.6 is 0 Å². The van der Waals surface area contributed by atoms with Crippen molar-refractivity contribution in [2.45, 2.75) is 6.92 Å². The van der Waals surface area contributed by atoms with E-state index in [1.807, 2.05) is 41.8 Å². The van der Waals surface area contributed by atoms with Crippen molar-refractivity contribution in [3.8, 4) is 17.1 Å². The van der Waals surface area contributed by atoms with E-state index in [2.05, 4.69) is 4.98 Å². The first-order valence-electron chi connectivity index (χ1n) is 6.14. The number of aromatic nitrogens is 2. The molecule has 0 fully saturated rings. The van der Waals surface area contributed by atoms with Crippen LogP contribution in [0.25, 0.3) is 16.9 Å². The molecule has 2 aromatic heterocycles. The van der Waals surface area contributed by atoms with E-state index in [4.69, 9.17) is 4.74 Å². The first-order valence-corrected chi connectivity index (χ1v) is 6.14. The highest BCUT2D eigenvalue weighted by Gasteiger charge is 2.09. The van der Waals surface area contributed by atoms with Crippen LogP contribution in [0.3, 0.4) is 0 Å². The second kappa shape index (κ2) is 4.72. The molecule has 0 spiro atoms. The van der Waals surface area contributed by atoms with Crippen LogP contribution in [0.2, 0.25) is 0 Å². The molecule has 0 radical (unpaired) electrons. The minimum Gasteiger partial charge on any atom is -0.491 e. The molecule has 4 heteroatoms. The molecule has 2 heterocycles. The average Bonchev–Trinajstić information content (AvgIpc) is 2.85. The van der Waals surface area contributed by atoms with Gasteiger partial charge in [-0.1, -0.05) is 6.07 Å². The molecule has 0 amide bonds. The normalized spacial score (nSPS) is 10.8. The molecule has 0 bridgehead atoms. The van der Waals surface area contributed by atoms with Crippen molar-refractivity contribution >= 4 is 5.52 Å². The third-order valence-corrected chi connectivity index (χ3v) is 2.93. The van der Waals surface area contributed by atoms with Gasteiger partial charge >= 0.3 is 0 Å². The lowest BCUT2D eigenvalue weighted by Gasteiger charge is -2.06. The van der Waals surface area contributed by atoms with Gasteiger partial charge in [0.2, 0.25) is 0 Å². The molecule has 3 rings (SSSR count). The summed E-state index contributed by atoms with van der Waals surface area (Å²) in [4.78, 5) is 4.34. The number of halogens is 1. The number of hydrogen-bond acceptors (Lipinski definition) is 2. The molecule has 3 nitrogen and oxygen atoms in total. The number of rotatable bonds is 3. The van der Waals surface area contributed by atoms with E-state index in [9.17, 15) is 4.39 Å². The van der Waals surface area contributed by atoms with E-state index in [-0.39, 0.29) is 11.6 Å². The maximum atomic E-state index is 13.9. The predicted octanol–water partition coefficient (Wildman–Crippen LogP) is 3.54. The van der Waals surface area contributed by atoms with Gasteiger partial charge in [-0.05, 0) is 37.3 Å². The van der Waals surface area contributed by atoms with Crippen LogP contribution in [-0.2, 0) is 0 Å². The van der Waals surface area contributed by atoms with E-state index < -0.39 is 0 Å². The van der Waals surface area contributed by atoms with E-state index in [1.54, 1.807) is 12.3 Å². The highest BCUT2D eigenvalue weighted by Crippen LogP contribution is 2.25. The van der Waals surface area contributed by atoms with Gasteiger partial charge in [-0.3, -0.25) is 4.40 Å². The Bertz CT molecular complexity index is 721. The van der Waals surface area contributed by atoms with E-state index >= 15 is 0 Å². The molecule has 96 valence electrons. The van der Waals surface area contributed by atoms with E-state index in [1.165, 1.54) is 6.07 Å². The fraction of sp³-hybridized carbons (Fsp3) is 0.133. The number of fused-ring (bicyclic) bond motifs is 1. The summed E-state index contributed by atoms with van der Waals surface area (Å²) in [5.41, 5.74) is 1.71. The Morgan fingerprint density at radius 1 is 1.26 bits per heavy atom. The van der Waals surface area contributed by atoms with Crippen LogP contribution in [0, 0.1) is 5.82 Å². The van der Waals surface area contributed by atoms with Crippen LogP contribution in [0.4, 0.5) is 4.39 Å². The third-order valence-electron chi connectivity index (χ3n) is 2.93. The molecule has 3 aromatic rings. The molecule has 0 aliphatic carbocycles. The van der Waals surface area contributed by atoms with Crippen molar-refractivity contribution in [2.75, 3.05) is 6.61 Å². The number of hydrogen-bond donors (Lipinski definition) is 0. The fourth-order valence-corrected chi connectivity index (χ4v) is 2.07. The summed E-state index contributed by atoms with van der Waals surface area (Å²) in [7, 11) is 0. The number of nitrogens with zero attached hydrogens (tertiary/aromatic N) is 2. The zero-order valence-corrected chi connectivity index (χ0v) is 10.5. The largest absolute Gasteiger partial charge is 0.491 e. The second-order valence-electron chi connectivity index (χ2n) is 4.16. The summed E-state index contributed by atoms with van der Waals surface area (Å²) in [6.45, 7) is 2.28. The Morgan fingerprint density at radius 3 is 2.95 bits per heavy atom. The fourth-order valence-electron chi connectivity index (χ4n) is 2.07. The van der Waals surface area contributed by atoms with Crippen molar-refractivity contribution in [3.63, 3.8) is 0 Å². The predicted molar refractivity (Wildman–Crippen MR) is 71.8 cm³/mol. The monoisotopic (exact) mass is 256 g/mol. The molecule has 0 atom stereocenters. The lowest BCUT2D eigenvalue weighted by Crippen LogP contribution is -1.95. The van der Waals surface area contributed by atoms with Crippen molar-refractivity contribution in [1.29, 1.82) is 0 Å². The summed E-state index contributed by atoms with van der Waals surface area (Å²) in [6.07, 6.45) is 3.68. The summed E-state index contributed by atoms with van der Waals surface area (Å²) >= 11 is 0. The first-order chi connectivity index (χ1) is 9.29. The molecular formula is C15H13FN2O. The van der Waals surface area contributed by atoms with Gasteiger partial charge in [0.25, 0.3) is 0 Å². The van der Waals surface area contributed by atoms with Crippen LogP contribution < -0.4 is 4.74 Å². The van der Waals surface area contributed by atoms with Crippen LogP contribution in [0.1, 0.15) is 6.92 Å². The number of ether oxygens (including phenoxy) is 1. The van der Waals surface area contributed by atoms with Gasteiger partial charge in [-0.15, -0.1) is 0 Å². The highest BCUT2D eigenvalue weighted by atomic mass is 19.1. The standard InChI is InChI=1S/C15H13FN2O/c1-2-19-14-7-6-11(9-13(14)16)15-17-10-12-5-3-4-8-18(12)15/h3-10H,2H2,1H3. The van der Waals surface area contributed by atoms with Gasteiger partial charge in [-0.25, -0.2) is 9.37 Å². The number of benzene rings is 1. The average molecular weight is 256 g/mol. The van der Waals surface area contributed by atoms with Crippen LogP contribution in [-0.4, -0.2) is 16.0 Å². The van der Waals surface area contributed by atoms with Gasteiger partial charge in [-0.2, -0.15) is 0 Å². The smallest absolute Gasteiger partial charge is 0.165 e. The summed E-state index contributed by atoms with van der Waals surface area (Å²) in [5.74, 6) is 0.622. The molecule has 0 N–H and O–H groups in total. The zero-order chi connectivity index (χ0) is 13.2. The molecule has 19 heavy (non-hydrogen) atoms. The Balaban J connectivity index is 2.09. The van der Waals surface area contributed by atoms with Crippen molar-refractivity contribution in [1.82, 2.24) is 9.38 Å². The number of pyridine rings is 1. The maximum Gasteiger partial charge on any atom is 0.165 e. The first kappa shape index (κ1) is 11.7. The molecule has 0 saturated carbocycles. The van der Waals surface area contributed by atoms with E-state index in [0.29, 0.717) is 6.61 Å².